The van der Waals surface area contributed by atoms with E-state index in [1.165, 1.54) is 27.5 Å². The Morgan fingerprint density at radius 2 is 1.84 bits per heavy atom. The zero-order chi connectivity index (χ0) is 26.7. The van der Waals surface area contributed by atoms with Gasteiger partial charge in [-0.2, -0.15) is 4.98 Å². The van der Waals surface area contributed by atoms with Crippen molar-refractivity contribution in [3.63, 3.8) is 0 Å². The van der Waals surface area contributed by atoms with Gasteiger partial charge in [-0.05, 0) is 37.6 Å². The predicted molar refractivity (Wildman–Crippen MR) is 127 cm³/mol. The molecule has 0 spiro atoms. The van der Waals surface area contributed by atoms with Gasteiger partial charge in [0, 0.05) is 32.0 Å². The van der Waals surface area contributed by atoms with Gasteiger partial charge < -0.3 is 14.6 Å². The van der Waals surface area contributed by atoms with Crippen molar-refractivity contribution in [3.8, 4) is 17.5 Å². The lowest BCUT2D eigenvalue weighted by atomic mass is 10.3. The molecule has 0 unspecified atom stereocenters. The van der Waals surface area contributed by atoms with Crippen molar-refractivity contribution in [1.82, 2.24) is 23.7 Å². The normalized spacial score (nSPS) is 11.7. The molecule has 4 aromatic rings. The zero-order valence-electron chi connectivity index (χ0n) is 19.4. The van der Waals surface area contributed by atoms with Gasteiger partial charge in [-0.15, -0.1) is 13.2 Å². The molecule has 1 N–H and O–H groups in total. The van der Waals surface area contributed by atoms with E-state index in [-0.39, 0.29) is 55.6 Å². The van der Waals surface area contributed by atoms with Crippen molar-refractivity contribution in [3.05, 3.63) is 74.1 Å². The van der Waals surface area contributed by atoms with Gasteiger partial charge in [0.1, 0.15) is 11.5 Å². The van der Waals surface area contributed by atoms with Gasteiger partial charge in [-0.1, -0.05) is 17.7 Å². The second-order valence-corrected chi connectivity index (χ2v) is 8.24. The third kappa shape index (κ3) is 5.78. The molecule has 0 aliphatic heterocycles. The number of aromatic nitrogens is 5. The summed E-state index contributed by atoms with van der Waals surface area (Å²) in [6.45, 7) is 1.58. The average Bonchev–Trinajstić information content (AvgIpc) is 3.17. The number of ether oxygens (including phenoxy) is 2. The molecular weight excluding hydrogens is 519 g/mol. The van der Waals surface area contributed by atoms with E-state index in [0.29, 0.717) is 10.7 Å². The Balaban J connectivity index is 1.90. The Bertz CT molecular complexity index is 1530. The summed E-state index contributed by atoms with van der Waals surface area (Å²) in [6.07, 6.45) is -3.31. The molecule has 14 heteroatoms. The van der Waals surface area contributed by atoms with Gasteiger partial charge in [0.25, 0.3) is 5.56 Å². The standard InChI is InChI=1S/C23H21ClF3N5O5/c1-2-30-19-18(20(34)31(22(30)35)9-4-10-33)32(13-15-8-7-14(24)12-28-15)21(29-19)36-16-5-3-6-17(11-16)37-23(25,26)27/h3,5-8,11-12,33H,2,4,9-10,13H2,1H3. The molecule has 0 saturated heterocycles. The molecule has 0 saturated carbocycles. The molecule has 4 rings (SSSR count). The van der Waals surface area contributed by atoms with Crippen LogP contribution in [-0.4, -0.2) is 41.7 Å². The average molecular weight is 540 g/mol. The lowest BCUT2D eigenvalue weighted by Crippen LogP contribution is -2.40. The second-order valence-electron chi connectivity index (χ2n) is 7.81. The lowest BCUT2D eigenvalue weighted by Gasteiger charge is -2.12. The fraction of sp³-hybridized carbons (Fsp3) is 0.304. The SMILES string of the molecule is CCn1c(=O)n(CCCO)c(=O)c2c1nc(Oc1cccc(OC(F)(F)F)c1)n2Cc1ccc(Cl)cn1. The molecule has 1 aromatic carbocycles. The van der Waals surface area contributed by atoms with Gasteiger partial charge in [-0.3, -0.25) is 23.5 Å². The van der Waals surface area contributed by atoms with Crippen LogP contribution >= 0.6 is 11.6 Å². The number of benzene rings is 1. The highest BCUT2D eigenvalue weighted by Crippen LogP contribution is 2.30. The molecule has 37 heavy (non-hydrogen) atoms. The van der Waals surface area contributed by atoms with E-state index in [2.05, 4.69) is 14.7 Å². The summed E-state index contributed by atoms with van der Waals surface area (Å²) in [6, 6.07) is 7.88. The van der Waals surface area contributed by atoms with E-state index in [4.69, 9.17) is 16.3 Å². The maximum atomic E-state index is 13.4. The van der Waals surface area contributed by atoms with Crippen molar-refractivity contribution in [2.24, 2.45) is 0 Å². The summed E-state index contributed by atoms with van der Waals surface area (Å²) in [4.78, 5) is 35.0. The Hall–Kier alpha value is -3.84. The third-order valence-electron chi connectivity index (χ3n) is 5.29. The number of aliphatic hydroxyl groups is 1. The summed E-state index contributed by atoms with van der Waals surface area (Å²) >= 11 is 5.93. The monoisotopic (exact) mass is 539 g/mol. The predicted octanol–water partition coefficient (Wildman–Crippen LogP) is 3.55. The Labute approximate surface area is 212 Å². The highest BCUT2D eigenvalue weighted by molar-refractivity contribution is 6.30. The summed E-state index contributed by atoms with van der Waals surface area (Å²) < 4.78 is 51.5. The Morgan fingerprint density at radius 3 is 2.49 bits per heavy atom. The van der Waals surface area contributed by atoms with Crippen LogP contribution in [0.5, 0.6) is 17.5 Å². The smallest absolute Gasteiger partial charge is 0.425 e. The largest absolute Gasteiger partial charge is 0.573 e. The highest BCUT2D eigenvalue weighted by atomic mass is 35.5. The van der Waals surface area contributed by atoms with Gasteiger partial charge in [0.15, 0.2) is 11.2 Å². The van der Waals surface area contributed by atoms with Crippen LogP contribution < -0.4 is 20.7 Å². The topological polar surface area (TPSA) is 113 Å². The molecule has 0 aliphatic carbocycles. The number of aryl methyl sites for hydroxylation is 1. The first-order chi connectivity index (χ1) is 17.6. The fourth-order valence-electron chi connectivity index (χ4n) is 3.71. The van der Waals surface area contributed by atoms with Crippen molar-refractivity contribution in [2.45, 2.75) is 39.3 Å². The molecule has 196 valence electrons. The summed E-state index contributed by atoms with van der Waals surface area (Å²) in [5.74, 6) is -0.558. The van der Waals surface area contributed by atoms with Crippen LogP contribution in [0.15, 0.2) is 52.2 Å². The summed E-state index contributed by atoms with van der Waals surface area (Å²) in [5, 5.41) is 9.61. The van der Waals surface area contributed by atoms with Crippen molar-refractivity contribution in [1.29, 1.82) is 0 Å². The van der Waals surface area contributed by atoms with Crippen LogP contribution in [0.3, 0.4) is 0 Å². The van der Waals surface area contributed by atoms with E-state index < -0.39 is 23.4 Å². The van der Waals surface area contributed by atoms with Crippen molar-refractivity contribution in [2.75, 3.05) is 6.61 Å². The number of nitrogens with zero attached hydrogens (tertiary/aromatic N) is 5. The Morgan fingerprint density at radius 1 is 1.08 bits per heavy atom. The van der Waals surface area contributed by atoms with Crippen molar-refractivity contribution < 1.29 is 27.8 Å². The van der Waals surface area contributed by atoms with Crippen LogP contribution in [0.1, 0.15) is 19.0 Å². The number of rotatable bonds is 9. The van der Waals surface area contributed by atoms with E-state index in [1.807, 2.05) is 0 Å². The quantitative estimate of drug-likeness (QED) is 0.346. The maximum absolute atomic E-state index is 13.4. The number of aliphatic hydroxyl groups excluding tert-OH is 1. The molecule has 0 aliphatic rings. The first-order valence-electron chi connectivity index (χ1n) is 11.1. The van der Waals surface area contributed by atoms with E-state index in [1.54, 1.807) is 19.1 Å². The number of hydrogen-bond donors (Lipinski definition) is 1. The maximum Gasteiger partial charge on any atom is 0.573 e. The molecule has 0 radical (unpaired) electrons. The van der Waals surface area contributed by atoms with Crippen LogP contribution in [0, 0.1) is 0 Å². The zero-order valence-corrected chi connectivity index (χ0v) is 20.2. The number of halogens is 4. The number of pyridine rings is 1. The first kappa shape index (κ1) is 26.2. The van der Waals surface area contributed by atoms with Gasteiger partial charge in [0.05, 0.1) is 17.3 Å². The van der Waals surface area contributed by atoms with E-state index in [9.17, 15) is 27.9 Å². The minimum absolute atomic E-state index is 0.0221. The van der Waals surface area contributed by atoms with Gasteiger partial charge in [-0.25, -0.2) is 4.79 Å². The Kier molecular flexibility index (Phi) is 7.55. The minimum atomic E-state index is -4.90. The van der Waals surface area contributed by atoms with Crippen LogP contribution in [-0.2, 0) is 19.6 Å². The van der Waals surface area contributed by atoms with Crippen LogP contribution in [0.2, 0.25) is 5.02 Å². The van der Waals surface area contributed by atoms with E-state index >= 15 is 0 Å². The highest BCUT2D eigenvalue weighted by Gasteiger charge is 2.31. The molecule has 0 bridgehead atoms. The van der Waals surface area contributed by atoms with Gasteiger partial charge in [0.2, 0.25) is 0 Å². The van der Waals surface area contributed by atoms with Gasteiger partial charge >= 0.3 is 18.1 Å². The van der Waals surface area contributed by atoms with Crippen molar-refractivity contribution >= 4 is 22.8 Å². The molecule has 0 amide bonds. The molecule has 3 heterocycles. The van der Waals surface area contributed by atoms with Crippen LogP contribution in [0.4, 0.5) is 13.2 Å². The second kappa shape index (κ2) is 10.6. The molecular formula is C23H21ClF3N5O5. The summed E-state index contributed by atoms with van der Waals surface area (Å²) in [5.41, 5.74) is -0.755. The summed E-state index contributed by atoms with van der Waals surface area (Å²) in [7, 11) is 0. The molecule has 3 aromatic heterocycles. The first-order valence-corrected chi connectivity index (χ1v) is 11.5. The third-order valence-corrected chi connectivity index (χ3v) is 5.52. The number of alkyl halides is 3. The number of hydrogen-bond acceptors (Lipinski definition) is 7. The fourth-order valence-corrected chi connectivity index (χ4v) is 3.82. The molecule has 10 nitrogen and oxygen atoms in total. The molecule has 0 fully saturated rings. The lowest BCUT2D eigenvalue weighted by molar-refractivity contribution is -0.274. The van der Waals surface area contributed by atoms with Crippen LogP contribution in [0.25, 0.3) is 11.2 Å². The minimum Gasteiger partial charge on any atom is -0.425 e. The number of fused-ring (bicyclic) bond motifs is 1. The molecule has 0 atom stereocenters. The van der Waals surface area contributed by atoms with E-state index in [0.717, 1.165) is 16.7 Å². The number of imidazole rings is 1.